The molecule has 0 saturated carbocycles. The molecule has 1 atom stereocenters. The lowest BCUT2D eigenvalue weighted by Gasteiger charge is -2.30. The van der Waals surface area contributed by atoms with Crippen LogP contribution in [0, 0.1) is 0 Å². The van der Waals surface area contributed by atoms with Crippen molar-refractivity contribution in [3.05, 3.63) is 108 Å². The summed E-state index contributed by atoms with van der Waals surface area (Å²) in [6.45, 7) is 0. The fourth-order valence-electron chi connectivity index (χ4n) is 3.19. The molecule has 0 aliphatic heterocycles. The van der Waals surface area contributed by atoms with E-state index in [-0.39, 0.29) is 22.1 Å². The minimum Gasteiger partial charge on any atom is -0.130 e. The smallest absolute Gasteiger partial charge is 0.00295 e. The maximum absolute atomic E-state index is 3.16. The van der Waals surface area contributed by atoms with Gasteiger partial charge in [0.25, 0.3) is 0 Å². The summed E-state index contributed by atoms with van der Waals surface area (Å²) < 4.78 is 0. The summed E-state index contributed by atoms with van der Waals surface area (Å²) in [4.78, 5) is 0. The van der Waals surface area contributed by atoms with E-state index in [4.69, 9.17) is 0 Å². The molecule has 1 unspecified atom stereocenters. The quantitative estimate of drug-likeness (QED) is 0.453. The van der Waals surface area contributed by atoms with Crippen LogP contribution in [-0.4, -0.2) is 5.16 Å². The summed E-state index contributed by atoms with van der Waals surface area (Å²) in [6.07, 6.45) is 3.17. The molecule has 0 heterocycles. The molecule has 0 nitrogen and oxygen atoms in total. The molecule has 0 fully saturated rings. The van der Waals surface area contributed by atoms with Crippen molar-refractivity contribution in [2.45, 2.75) is 24.4 Å². The van der Waals surface area contributed by atoms with Crippen molar-refractivity contribution in [3.63, 3.8) is 0 Å². The largest absolute Gasteiger partial charge is 0.130 e. The van der Waals surface area contributed by atoms with E-state index in [1.165, 1.54) is 16.7 Å². The summed E-state index contributed by atoms with van der Waals surface area (Å²) in [5.41, 5.74) is 4.19. The van der Waals surface area contributed by atoms with Gasteiger partial charge in [-0.3, -0.25) is 0 Å². The normalized spacial score (nSPS) is 10.9. The minimum atomic E-state index is 0. The lowest BCUT2D eigenvalue weighted by Crippen LogP contribution is -2.30. The van der Waals surface area contributed by atoms with Crippen LogP contribution in [0.1, 0.15) is 16.7 Å². The Labute approximate surface area is 158 Å². The highest BCUT2D eigenvalue weighted by molar-refractivity contribution is 8.93. The number of benzene rings is 3. The van der Waals surface area contributed by atoms with Crippen molar-refractivity contribution in [1.82, 2.24) is 0 Å². The molecule has 0 aliphatic carbocycles. The van der Waals surface area contributed by atoms with Gasteiger partial charge in [0.15, 0.2) is 0 Å². The van der Waals surface area contributed by atoms with Gasteiger partial charge in [0.2, 0.25) is 0 Å². The molecule has 0 N–H and O–H groups in total. The zero-order valence-electron chi connectivity index (χ0n) is 13.8. The Morgan fingerprint density at radius 3 is 1.00 bits per heavy atom. The first-order chi connectivity index (χ1) is 11.2. The Morgan fingerprint density at radius 2 is 0.750 bits per heavy atom. The highest BCUT2D eigenvalue weighted by Gasteiger charge is 2.26. The van der Waals surface area contributed by atoms with Crippen LogP contribution in [0.25, 0.3) is 0 Å². The topological polar surface area (TPSA) is 0 Å². The summed E-state index contributed by atoms with van der Waals surface area (Å²) >= 11 is 0. The van der Waals surface area contributed by atoms with Crippen molar-refractivity contribution < 1.29 is 0 Å². The van der Waals surface area contributed by atoms with E-state index in [0.29, 0.717) is 0 Å². The third kappa shape index (κ3) is 5.58. The standard InChI is InChI=1S/C22H23P.BrH/c23-22(16-19-10-4-1-5-11-19,17-20-12-6-2-7-13-20)18-21-14-8-3-9-15-21;/h1-15H,16-18,23H2;1H. The SMILES string of the molecule is Br.PC(Cc1ccccc1)(Cc1ccccc1)Cc1ccccc1. The third-order valence-corrected chi connectivity index (χ3v) is 4.81. The summed E-state index contributed by atoms with van der Waals surface area (Å²) in [7, 11) is 3.16. The second kappa shape index (κ2) is 9.16. The highest BCUT2D eigenvalue weighted by Crippen LogP contribution is 2.32. The van der Waals surface area contributed by atoms with Crippen LogP contribution in [0.4, 0.5) is 0 Å². The van der Waals surface area contributed by atoms with Gasteiger partial charge in [-0.2, -0.15) is 0 Å². The molecule has 0 saturated heterocycles. The van der Waals surface area contributed by atoms with Crippen LogP contribution < -0.4 is 0 Å². The van der Waals surface area contributed by atoms with Gasteiger partial charge < -0.3 is 0 Å². The summed E-state index contributed by atoms with van der Waals surface area (Å²) in [5.74, 6) is 0. The molecule has 124 valence electrons. The Kier molecular flexibility index (Phi) is 7.21. The van der Waals surface area contributed by atoms with Crippen LogP contribution in [-0.2, 0) is 19.3 Å². The van der Waals surface area contributed by atoms with Gasteiger partial charge in [0.1, 0.15) is 0 Å². The van der Waals surface area contributed by atoms with Crippen LogP contribution in [0.2, 0.25) is 0 Å². The van der Waals surface area contributed by atoms with Crippen LogP contribution >= 0.6 is 26.2 Å². The Balaban J connectivity index is 0.00000208. The minimum absolute atomic E-state index is 0. The maximum atomic E-state index is 3.16. The van der Waals surface area contributed by atoms with Gasteiger partial charge in [0, 0.05) is 0 Å². The lowest BCUT2D eigenvalue weighted by molar-refractivity contribution is 0.574. The Morgan fingerprint density at radius 1 is 0.500 bits per heavy atom. The number of hydrogen-bond acceptors (Lipinski definition) is 0. The van der Waals surface area contributed by atoms with Crippen LogP contribution in [0.5, 0.6) is 0 Å². The van der Waals surface area contributed by atoms with E-state index in [1.807, 2.05) is 0 Å². The monoisotopic (exact) mass is 398 g/mol. The van der Waals surface area contributed by atoms with E-state index in [1.54, 1.807) is 0 Å². The molecule has 0 bridgehead atoms. The van der Waals surface area contributed by atoms with Gasteiger partial charge >= 0.3 is 0 Å². The predicted molar refractivity (Wildman–Crippen MR) is 113 cm³/mol. The van der Waals surface area contributed by atoms with Crippen molar-refractivity contribution in [3.8, 4) is 0 Å². The van der Waals surface area contributed by atoms with E-state index < -0.39 is 0 Å². The molecule has 24 heavy (non-hydrogen) atoms. The summed E-state index contributed by atoms with van der Waals surface area (Å²) in [6, 6.07) is 32.4. The zero-order valence-corrected chi connectivity index (χ0v) is 16.6. The molecule has 3 aromatic carbocycles. The van der Waals surface area contributed by atoms with Crippen molar-refractivity contribution in [2.24, 2.45) is 0 Å². The van der Waals surface area contributed by atoms with Crippen LogP contribution in [0.3, 0.4) is 0 Å². The van der Waals surface area contributed by atoms with Gasteiger partial charge in [-0.05, 0) is 41.1 Å². The zero-order chi connectivity index (χ0) is 16.0. The highest BCUT2D eigenvalue weighted by atomic mass is 79.9. The maximum Gasteiger partial charge on any atom is -0.00295 e. The van der Waals surface area contributed by atoms with Crippen molar-refractivity contribution >= 4 is 26.2 Å². The summed E-state index contributed by atoms with van der Waals surface area (Å²) in [5, 5.41) is 0.129. The molecule has 0 radical (unpaired) electrons. The molecule has 3 rings (SSSR count). The number of halogens is 1. The van der Waals surface area contributed by atoms with Crippen LogP contribution in [0.15, 0.2) is 91.0 Å². The van der Waals surface area contributed by atoms with E-state index >= 15 is 0 Å². The molecule has 0 aromatic heterocycles. The van der Waals surface area contributed by atoms with E-state index in [2.05, 4.69) is 100 Å². The van der Waals surface area contributed by atoms with Crippen molar-refractivity contribution in [2.75, 3.05) is 0 Å². The number of rotatable bonds is 6. The molecule has 0 amide bonds. The van der Waals surface area contributed by atoms with Crippen molar-refractivity contribution in [1.29, 1.82) is 0 Å². The first kappa shape index (κ1) is 18.9. The molecule has 0 spiro atoms. The first-order valence-corrected chi connectivity index (χ1v) is 8.72. The fourth-order valence-corrected chi connectivity index (χ4v) is 3.90. The second-order valence-corrected chi connectivity index (χ2v) is 7.57. The molecule has 3 aromatic rings. The lowest BCUT2D eigenvalue weighted by atomic mass is 9.86. The van der Waals surface area contributed by atoms with Gasteiger partial charge in [0.05, 0.1) is 0 Å². The second-order valence-electron chi connectivity index (χ2n) is 6.35. The van der Waals surface area contributed by atoms with E-state index in [9.17, 15) is 0 Å². The molecular formula is C22H24BrP. The number of hydrogen-bond donors (Lipinski definition) is 0. The first-order valence-electron chi connectivity index (χ1n) is 8.14. The van der Waals surface area contributed by atoms with Gasteiger partial charge in [-0.15, -0.1) is 26.2 Å². The van der Waals surface area contributed by atoms with E-state index in [0.717, 1.165) is 19.3 Å². The Hall–Kier alpha value is -1.43. The molecule has 2 heteroatoms. The average molecular weight is 399 g/mol. The molecular weight excluding hydrogens is 375 g/mol. The molecule has 0 aliphatic rings. The predicted octanol–water partition coefficient (Wildman–Crippen LogP) is 5.91. The third-order valence-electron chi connectivity index (χ3n) is 4.20. The fraction of sp³-hybridized carbons (Fsp3) is 0.182. The average Bonchev–Trinajstić information content (AvgIpc) is 2.57. The van der Waals surface area contributed by atoms with Gasteiger partial charge in [-0.25, -0.2) is 0 Å². The van der Waals surface area contributed by atoms with Gasteiger partial charge in [-0.1, -0.05) is 91.0 Å². The Bertz CT molecular complexity index is 609.